The van der Waals surface area contributed by atoms with E-state index in [1.165, 1.54) is 0 Å². The maximum absolute atomic E-state index is 12.4. The average molecular weight is 278 g/mol. The smallest absolute Gasteiger partial charge is 0.254 e. The van der Waals surface area contributed by atoms with Crippen molar-refractivity contribution in [3.05, 3.63) is 23.9 Å². The normalized spacial score (nSPS) is 18.3. The molecule has 0 unspecified atom stereocenters. The van der Waals surface area contributed by atoms with E-state index in [1.54, 1.807) is 25.4 Å². The number of amides is 1. The third-order valence-corrected chi connectivity index (χ3v) is 3.47. The quantitative estimate of drug-likeness (QED) is 0.747. The zero-order valence-corrected chi connectivity index (χ0v) is 12.2. The van der Waals surface area contributed by atoms with E-state index in [-0.39, 0.29) is 5.91 Å². The molecule has 1 saturated heterocycles. The lowest BCUT2D eigenvalue weighted by Gasteiger charge is -2.17. The molecule has 0 N–H and O–H groups in total. The summed E-state index contributed by atoms with van der Waals surface area (Å²) in [6, 6.07) is 3.41. The minimum absolute atomic E-state index is 0.0451. The zero-order valence-electron chi connectivity index (χ0n) is 12.2. The Morgan fingerprint density at radius 3 is 3.15 bits per heavy atom. The van der Waals surface area contributed by atoms with E-state index in [0.717, 1.165) is 39.1 Å². The minimum Gasteiger partial charge on any atom is -0.481 e. The number of ether oxygens (including phenoxy) is 2. The molecule has 110 valence electrons. The van der Waals surface area contributed by atoms with Crippen LogP contribution in [0.2, 0.25) is 0 Å². The van der Waals surface area contributed by atoms with E-state index in [0.29, 0.717) is 17.4 Å². The topological polar surface area (TPSA) is 51.7 Å². The molecule has 0 bridgehead atoms. The van der Waals surface area contributed by atoms with Gasteiger partial charge in [-0.2, -0.15) is 0 Å². The first-order chi connectivity index (χ1) is 9.74. The Balaban J connectivity index is 1.90. The second kappa shape index (κ2) is 7.24. The second-order valence-corrected chi connectivity index (χ2v) is 5.07. The second-order valence-electron chi connectivity index (χ2n) is 5.07. The molecule has 0 saturated carbocycles. The molecule has 1 aromatic rings. The van der Waals surface area contributed by atoms with Gasteiger partial charge in [0.1, 0.15) is 0 Å². The van der Waals surface area contributed by atoms with Gasteiger partial charge in [0, 0.05) is 43.4 Å². The Morgan fingerprint density at radius 2 is 2.40 bits per heavy atom. The monoisotopic (exact) mass is 278 g/mol. The fraction of sp³-hybridized carbons (Fsp3) is 0.600. The largest absolute Gasteiger partial charge is 0.481 e. The van der Waals surface area contributed by atoms with E-state index in [2.05, 4.69) is 11.9 Å². The number of methoxy groups -OCH3 is 1. The summed E-state index contributed by atoms with van der Waals surface area (Å²) >= 11 is 0. The molecule has 1 atom stereocenters. The standard InChI is InChI=1S/C15H22N2O3/c1-3-8-20-11-12-5-7-17(10-12)15(18)13-4-6-16-14(9-13)19-2/h4,6,9,12H,3,5,7-8,10-11H2,1-2H3/t12-/m0/s1. The van der Waals surface area contributed by atoms with Crippen molar-refractivity contribution >= 4 is 5.91 Å². The number of hydrogen-bond acceptors (Lipinski definition) is 4. The first-order valence-corrected chi connectivity index (χ1v) is 7.11. The highest BCUT2D eigenvalue weighted by atomic mass is 16.5. The van der Waals surface area contributed by atoms with Crippen molar-refractivity contribution < 1.29 is 14.3 Å². The third-order valence-electron chi connectivity index (χ3n) is 3.47. The molecule has 1 aliphatic rings. The van der Waals surface area contributed by atoms with Gasteiger partial charge in [0.05, 0.1) is 13.7 Å². The van der Waals surface area contributed by atoms with Crippen LogP contribution in [-0.2, 0) is 4.74 Å². The van der Waals surface area contributed by atoms with Gasteiger partial charge in [-0.1, -0.05) is 6.92 Å². The van der Waals surface area contributed by atoms with E-state index in [9.17, 15) is 4.79 Å². The molecule has 1 amide bonds. The summed E-state index contributed by atoms with van der Waals surface area (Å²) in [5.41, 5.74) is 0.631. The summed E-state index contributed by atoms with van der Waals surface area (Å²) in [5.74, 6) is 0.968. The van der Waals surface area contributed by atoms with Gasteiger partial charge in [-0.25, -0.2) is 4.98 Å². The predicted molar refractivity (Wildman–Crippen MR) is 75.9 cm³/mol. The fourth-order valence-electron chi connectivity index (χ4n) is 2.38. The molecule has 2 heterocycles. The van der Waals surface area contributed by atoms with Gasteiger partial charge in [0.2, 0.25) is 5.88 Å². The lowest BCUT2D eigenvalue weighted by Crippen LogP contribution is -2.29. The van der Waals surface area contributed by atoms with Crippen LogP contribution in [0.4, 0.5) is 0 Å². The number of likely N-dealkylation sites (tertiary alicyclic amines) is 1. The van der Waals surface area contributed by atoms with Crippen molar-refractivity contribution in [2.45, 2.75) is 19.8 Å². The Morgan fingerprint density at radius 1 is 1.55 bits per heavy atom. The van der Waals surface area contributed by atoms with Crippen LogP contribution in [0.25, 0.3) is 0 Å². The molecular weight excluding hydrogens is 256 g/mol. The molecule has 20 heavy (non-hydrogen) atoms. The first-order valence-electron chi connectivity index (χ1n) is 7.11. The Hall–Kier alpha value is -1.62. The molecule has 1 aliphatic heterocycles. The number of carbonyl (C=O) groups excluding carboxylic acids is 1. The number of rotatable bonds is 6. The van der Waals surface area contributed by atoms with E-state index >= 15 is 0 Å². The summed E-state index contributed by atoms with van der Waals surface area (Å²) in [4.78, 5) is 18.3. The number of nitrogens with zero attached hydrogens (tertiary/aromatic N) is 2. The average Bonchev–Trinajstić information content (AvgIpc) is 2.95. The van der Waals surface area contributed by atoms with E-state index in [1.807, 2.05) is 4.90 Å². The van der Waals surface area contributed by atoms with Crippen molar-refractivity contribution in [1.82, 2.24) is 9.88 Å². The molecule has 0 radical (unpaired) electrons. The van der Waals surface area contributed by atoms with Crippen molar-refractivity contribution in [3.63, 3.8) is 0 Å². The summed E-state index contributed by atoms with van der Waals surface area (Å²) < 4.78 is 10.6. The van der Waals surface area contributed by atoms with Crippen molar-refractivity contribution in [1.29, 1.82) is 0 Å². The Bertz CT molecular complexity index is 450. The lowest BCUT2D eigenvalue weighted by atomic mass is 10.1. The van der Waals surface area contributed by atoms with Crippen LogP contribution in [0.3, 0.4) is 0 Å². The number of carbonyl (C=O) groups is 1. The molecule has 1 aromatic heterocycles. The highest BCUT2D eigenvalue weighted by Gasteiger charge is 2.27. The molecule has 0 spiro atoms. The molecule has 2 rings (SSSR count). The van der Waals surface area contributed by atoms with E-state index < -0.39 is 0 Å². The summed E-state index contributed by atoms with van der Waals surface area (Å²) in [6.07, 6.45) is 3.65. The Labute approximate surface area is 119 Å². The van der Waals surface area contributed by atoms with Crippen LogP contribution in [0.15, 0.2) is 18.3 Å². The fourth-order valence-corrected chi connectivity index (χ4v) is 2.38. The van der Waals surface area contributed by atoms with Crippen LogP contribution in [0.5, 0.6) is 5.88 Å². The van der Waals surface area contributed by atoms with Gasteiger partial charge in [-0.3, -0.25) is 4.79 Å². The van der Waals surface area contributed by atoms with Crippen molar-refractivity contribution in [2.24, 2.45) is 5.92 Å². The van der Waals surface area contributed by atoms with Crippen LogP contribution in [0.1, 0.15) is 30.1 Å². The van der Waals surface area contributed by atoms with Gasteiger partial charge in [-0.05, 0) is 18.9 Å². The zero-order chi connectivity index (χ0) is 14.4. The highest BCUT2D eigenvalue weighted by Crippen LogP contribution is 2.20. The molecule has 0 aliphatic carbocycles. The number of hydrogen-bond donors (Lipinski definition) is 0. The van der Waals surface area contributed by atoms with Crippen LogP contribution >= 0.6 is 0 Å². The van der Waals surface area contributed by atoms with Gasteiger partial charge in [0.25, 0.3) is 5.91 Å². The highest BCUT2D eigenvalue weighted by molar-refractivity contribution is 5.94. The van der Waals surface area contributed by atoms with Crippen LogP contribution < -0.4 is 4.74 Å². The van der Waals surface area contributed by atoms with Crippen molar-refractivity contribution in [3.8, 4) is 5.88 Å². The number of pyridine rings is 1. The summed E-state index contributed by atoms with van der Waals surface area (Å²) in [6.45, 7) is 5.21. The predicted octanol–water partition coefficient (Wildman–Crippen LogP) is 1.98. The van der Waals surface area contributed by atoms with Gasteiger partial charge < -0.3 is 14.4 Å². The SMILES string of the molecule is CCCOC[C@H]1CCN(C(=O)c2ccnc(OC)c2)C1. The van der Waals surface area contributed by atoms with Crippen molar-refractivity contribution in [2.75, 3.05) is 33.4 Å². The molecule has 1 fully saturated rings. The molecule has 0 aromatic carbocycles. The van der Waals surface area contributed by atoms with Crippen LogP contribution in [-0.4, -0.2) is 49.2 Å². The summed E-state index contributed by atoms with van der Waals surface area (Å²) in [7, 11) is 1.55. The maximum Gasteiger partial charge on any atom is 0.254 e. The van der Waals surface area contributed by atoms with Gasteiger partial charge >= 0.3 is 0 Å². The van der Waals surface area contributed by atoms with Crippen LogP contribution in [0, 0.1) is 5.92 Å². The maximum atomic E-state index is 12.4. The number of aromatic nitrogens is 1. The van der Waals surface area contributed by atoms with E-state index in [4.69, 9.17) is 9.47 Å². The lowest BCUT2D eigenvalue weighted by molar-refractivity contribution is 0.0754. The minimum atomic E-state index is 0.0451. The summed E-state index contributed by atoms with van der Waals surface area (Å²) in [5, 5.41) is 0. The molecular formula is C15H22N2O3. The Kier molecular flexibility index (Phi) is 5.35. The first kappa shape index (κ1) is 14.8. The molecule has 5 heteroatoms. The van der Waals surface area contributed by atoms with Gasteiger partial charge in [-0.15, -0.1) is 0 Å². The molecule has 5 nitrogen and oxygen atoms in total. The third kappa shape index (κ3) is 3.70. The van der Waals surface area contributed by atoms with Gasteiger partial charge in [0.15, 0.2) is 0 Å².